The van der Waals surface area contributed by atoms with Crippen molar-refractivity contribution in [1.82, 2.24) is 24.5 Å². The summed E-state index contributed by atoms with van der Waals surface area (Å²) in [4.78, 5) is 27.8. The number of aromatic nitrogens is 5. The zero-order valence-corrected chi connectivity index (χ0v) is 16.0. The van der Waals surface area contributed by atoms with Gasteiger partial charge in [0.15, 0.2) is 11.5 Å². The SMILES string of the molecule is CCOC(=O)c1cnn(-c2ccc(-n3ncc(Cl)c(Cl)c3=O)cn2)c1C(F)(F)F. The van der Waals surface area contributed by atoms with E-state index in [9.17, 15) is 22.8 Å². The third kappa shape index (κ3) is 3.96. The predicted octanol–water partition coefficient (Wildman–Crippen LogP) is 3.32. The largest absolute Gasteiger partial charge is 0.462 e. The summed E-state index contributed by atoms with van der Waals surface area (Å²) in [6.07, 6.45) is -1.91. The summed E-state index contributed by atoms with van der Waals surface area (Å²) < 4.78 is 46.6. The van der Waals surface area contributed by atoms with E-state index in [0.29, 0.717) is 4.68 Å². The first-order valence-electron chi connectivity index (χ1n) is 7.87. The Morgan fingerprint density at radius 2 is 1.83 bits per heavy atom. The molecular weight excluding hydrogens is 438 g/mol. The molecule has 0 aliphatic carbocycles. The fourth-order valence-electron chi connectivity index (χ4n) is 2.38. The van der Waals surface area contributed by atoms with Crippen LogP contribution in [0.25, 0.3) is 11.5 Å². The van der Waals surface area contributed by atoms with E-state index >= 15 is 0 Å². The number of halogens is 5. The number of carbonyl (C=O) groups excluding carboxylic acids is 1. The van der Waals surface area contributed by atoms with Crippen LogP contribution in [0.15, 0.2) is 35.5 Å². The molecule has 3 rings (SSSR count). The lowest BCUT2D eigenvalue weighted by atomic mass is 10.2. The van der Waals surface area contributed by atoms with Crippen LogP contribution in [0, 0.1) is 0 Å². The number of esters is 1. The smallest absolute Gasteiger partial charge is 0.434 e. The van der Waals surface area contributed by atoms with Crippen molar-refractivity contribution in [3.05, 3.63) is 62.4 Å². The number of ether oxygens (including phenoxy) is 1. The Morgan fingerprint density at radius 3 is 2.41 bits per heavy atom. The molecule has 0 atom stereocenters. The maximum Gasteiger partial charge on any atom is 0.434 e. The molecule has 0 saturated heterocycles. The zero-order chi connectivity index (χ0) is 21.3. The number of alkyl halides is 3. The van der Waals surface area contributed by atoms with Gasteiger partial charge in [-0.3, -0.25) is 4.79 Å². The van der Waals surface area contributed by atoms with Crippen LogP contribution in [0.5, 0.6) is 0 Å². The topological polar surface area (TPSA) is 91.9 Å². The van der Waals surface area contributed by atoms with Crippen molar-refractivity contribution in [2.75, 3.05) is 6.61 Å². The fourth-order valence-corrected chi connectivity index (χ4v) is 2.63. The molecule has 0 unspecified atom stereocenters. The molecule has 152 valence electrons. The second-order valence-corrected chi connectivity index (χ2v) is 6.22. The lowest BCUT2D eigenvalue weighted by Crippen LogP contribution is -2.22. The van der Waals surface area contributed by atoms with Crippen molar-refractivity contribution in [2.24, 2.45) is 0 Å². The van der Waals surface area contributed by atoms with E-state index in [1.807, 2.05) is 0 Å². The van der Waals surface area contributed by atoms with Crippen LogP contribution in [0.2, 0.25) is 10.0 Å². The lowest BCUT2D eigenvalue weighted by molar-refractivity contribution is -0.143. The molecule has 0 radical (unpaired) electrons. The molecule has 0 fully saturated rings. The van der Waals surface area contributed by atoms with Crippen molar-refractivity contribution in [2.45, 2.75) is 13.1 Å². The summed E-state index contributed by atoms with van der Waals surface area (Å²) in [7, 11) is 0. The first-order chi connectivity index (χ1) is 13.6. The van der Waals surface area contributed by atoms with Gasteiger partial charge in [-0.15, -0.1) is 0 Å². The highest BCUT2D eigenvalue weighted by atomic mass is 35.5. The van der Waals surface area contributed by atoms with Gasteiger partial charge in [0.05, 0.1) is 35.9 Å². The highest BCUT2D eigenvalue weighted by molar-refractivity contribution is 6.41. The van der Waals surface area contributed by atoms with Crippen molar-refractivity contribution in [1.29, 1.82) is 0 Å². The molecule has 0 N–H and O–H groups in total. The molecule has 3 aromatic heterocycles. The van der Waals surface area contributed by atoms with Gasteiger partial charge >= 0.3 is 12.1 Å². The lowest BCUT2D eigenvalue weighted by Gasteiger charge is -2.12. The number of hydrogen-bond acceptors (Lipinski definition) is 6. The zero-order valence-electron chi connectivity index (χ0n) is 14.4. The number of hydrogen-bond donors (Lipinski definition) is 0. The standard InChI is InChI=1S/C16H10Cl2F3N5O3/c1-2-29-15(28)9-6-23-26(13(9)16(19,20)21)11-4-3-8(5-22-11)25-14(27)12(18)10(17)7-24-25/h3-7H,2H2,1H3. The molecule has 0 saturated carbocycles. The maximum absolute atomic E-state index is 13.5. The van der Waals surface area contributed by atoms with E-state index in [-0.39, 0.29) is 28.2 Å². The van der Waals surface area contributed by atoms with E-state index in [1.165, 1.54) is 19.1 Å². The Kier molecular flexibility index (Phi) is 5.62. The molecule has 3 heterocycles. The molecule has 0 spiro atoms. The molecule has 0 amide bonds. The molecule has 29 heavy (non-hydrogen) atoms. The number of pyridine rings is 1. The first kappa shape index (κ1) is 20.8. The Morgan fingerprint density at radius 1 is 1.14 bits per heavy atom. The highest BCUT2D eigenvalue weighted by Crippen LogP contribution is 2.33. The van der Waals surface area contributed by atoms with Gasteiger partial charge in [0.2, 0.25) is 0 Å². The summed E-state index contributed by atoms with van der Waals surface area (Å²) in [5.74, 6) is -1.40. The van der Waals surface area contributed by atoms with Crippen LogP contribution in [0.1, 0.15) is 23.0 Å². The van der Waals surface area contributed by atoms with E-state index in [1.54, 1.807) is 0 Å². The summed E-state index contributed by atoms with van der Waals surface area (Å²) in [5.41, 5.74) is -2.68. The van der Waals surface area contributed by atoms with Gasteiger partial charge in [0.1, 0.15) is 10.6 Å². The minimum absolute atomic E-state index is 0.0460. The van der Waals surface area contributed by atoms with E-state index in [4.69, 9.17) is 23.2 Å². The maximum atomic E-state index is 13.5. The van der Waals surface area contributed by atoms with Gasteiger partial charge < -0.3 is 4.74 Å². The van der Waals surface area contributed by atoms with Crippen molar-refractivity contribution >= 4 is 29.2 Å². The number of rotatable bonds is 4. The van der Waals surface area contributed by atoms with Crippen LogP contribution in [-0.4, -0.2) is 37.1 Å². The molecule has 0 aromatic carbocycles. The summed E-state index contributed by atoms with van der Waals surface area (Å²) in [6.45, 7) is 1.37. The molecule has 0 aliphatic heterocycles. The monoisotopic (exact) mass is 447 g/mol. The minimum atomic E-state index is -4.90. The summed E-state index contributed by atoms with van der Waals surface area (Å²) >= 11 is 11.5. The molecule has 13 heteroatoms. The van der Waals surface area contributed by atoms with E-state index in [0.717, 1.165) is 23.3 Å². The highest BCUT2D eigenvalue weighted by Gasteiger charge is 2.41. The van der Waals surface area contributed by atoms with Gasteiger partial charge in [0.25, 0.3) is 5.56 Å². The molecular formula is C16H10Cl2F3N5O3. The summed E-state index contributed by atoms with van der Waals surface area (Å²) in [5, 5.41) is 7.10. The van der Waals surface area contributed by atoms with Gasteiger partial charge in [-0.1, -0.05) is 23.2 Å². The van der Waals surface area contributed by atoms with Gasteiger partial charge in [-0.2, -0.15) is 28.1 Å². The van der Waals surface area contributed by atoms with Gasteiger partial charge in [0, 0.05) is 0 Å². The van der Waals surface area contributed by atoms with Gasteiger partial charge in [-0.25, -0.2) is 14.5 Å². The van der Waals surface area contributed by atoms with Crippen LogP contribution < -0.4 is 5.56 Å². The average molecular weight is 448 g/mol. The Hall–Kier alpha value is -2.92. The van der Waals surface area contributed by atoms with Crippen molar-refractivity contribution < 1.29 is 22.7 Å². The van der Waals surface area contributed by atoms with Crippen LogP contribution >= 0.6 is 23.2 Å². The Bertz CT molecular complexity index is 1130. The molecule has 0 bridgehead atoms. The minimum Gasteiger partial charge on any atom is -0.462 e. The van der Waals surface area contributed by atoms with Crippen LogP contribution in [0.4, 0.5) is 13.2 Å². The van der Waals surface area contributed by atoms with Crippen LogP contribution in [0.3, 0.4) is 0 Å². The van der Waals surface area contributed by atoms with Gasteiger partial charge in [-0.05, 0) is 19.1 Å². The molecule has 8 nitrogen and oxygen atoms in total. The normalized spacial score (nSPS) is 11.5. The van der Waals surface area contributed by atoms with Crippen molar-refractivity contribution in [3.8, 4) is 11.5 Å². The second kappa shape index (κ2) is 7.84. The third-order valence-electron chi connectivity index (χ3n) is 3.60. The molecule has 3 aromatic rings. The number of carbonyl (C=O) groups is 1. The van der Waals surface area contributed by atoms with E-state index in [2.05, 4.69) is 19.9 Å². The fraction of sp³-hybridized carbons (Fsp3) is 0.188. The van der Waals surface area contributed by atoms with Crippen molar-refractivity contribution in [3.63, 3.8) is 0 Å². The number of nitrogens with zero attached hydrogens (tertiary/aromatic N) is 5. The predicted molar refractivity (Wildman–Crippen MR) is 95.7 cm³/mol. The Labute approximate surface area is 170 Å². The van der Waals surface area contributed by atoms with E-state index < -0.39 is 29.0 Å². The van der Waals surface area contributed by atoms with Crippen LogP contribution in [-0.2, 0) is 10.9 Å². The quantitative estimate of drug-likeness (QED) is 0.569. The first-order valence-corrected chi connectivity index (χ1v) is 8.63. The third-order valence-corrected chi connectivity index (χ3v) is 4.35. The average Bonchev–Trinajstić information content (AvgIpc) is 3.12. The summed E-state index contributed by atoms with van der Waals surface area (Å²) in [6, 6.07) is 2.45. The Balaban J connectivity index is 2.06. The molecule has 0 aliphatic rings. The second-order valence-electron chi connectivity index (χ2n) is 5.43.